The van der Waals surface area contributed by atoms with Crippen LogP contribution in [0, 0.1) is 57.2 Å². The molecule has 3 saturated carbocycles. The molecule has 0 radical (unpaired) electrons. The second-order valence-electron chi connectivity index (χ2n) is 14.1. The van der Waals surface area contributed by atoms with E-state index in [1.54, 1.807) is 0 Å². The molecule has 2 nitrogen and oxygen atoms in total. The van der Waals surface area contributed by atoms with Crippen molar-refractivity contribution in [3.63, 3.8) is 0 Å². The predicted octanol–water partition coefficient (Wildman–Crippen LogP) is 7.24. The van der Waals surface area contributed by atoms with E-state index in [-0.39, 0.29) is 27.8 Å². The van der Waals surface area contributed by atoms with Gasteiger partial charge in [-0.3, -0.25) is 0 Å². The lowest BCUT2D eigenvalue weighted by atomic mass is 9.39. The van der Waals surface area contributed by atoms with Gasteiger partial charge in [0.2, 0.25) is 0 Å². The van der Waals surface area contributed by atoms with Crippen molar-refractivity contribution in [2.75, 3.05) is 6.61 Å². The van der Waals surface area contributed by atoms with Gasteiger partial charge in [-0.1, -0.05) is 79.9 Å². The van der Waals surface area contributed by atoms with Crippen molar-refractivity contribution in [2.24, 2.45) is 57.2 Å². The summed E-state index contributed by atoms with van der Waals surface area (Å²) in [5.41, 5.74) is 0.465. The van der Waals surface area contributed by atoms with Crippen molar-refractivity contribution in [3.8, 4) is 0 Å². The summed E-state index contributed by atoms with van der Waals surface area (Å²) in [5, 5.41) is 21.9. The standard InChI is InChI=1S/C30H52O2/c1-20(2)9-8-10-21(3)22-14-18-30(19-31)24-11-12-25-27(4,5)26(32)15-16-28(25,6)23(24)13-17-29(22,30)7/h11-12,20-26,31-32H,8-10,13-19H2,1-7H3/t21-,22-,23?,24?,25+,26+,28-,29-,30+/m1/s1. The Labute approximate surface area is 198 Å². The Balaban J connectivity index is 1.64. The molecule has 0 bridgehead atoms. The van der Waals surface area contributed by atoms with Crippen LogP contribution in [0.3, 0.4) is 0 Å². The summed E-state index contributed by atoms with van der Waals surface area (Å²) >= 11 is 0. The van der Waals surface area contributed by atoms with E-state index < -0.39 is 0 Å². The van der Waals surface area contributed by atoms with Crippen LogP contribution in [0.25, 0.3) is 0 Å². The first-order valence-corrected chi connectivity index (χ1v) is 13.9. The van der Waals surface area contributed by atoms with E-state index in [9.17, 15) is 10.2 Å². The zero-order chi connectivity index (χ0) is 23.5. The summed E-state index contributed by atoms with van der Waals surface area (Å²) in [5.74, 6) is 3.86. The van der Waals surface area contributed by atoms with Crippen LogP contribution in [0.15, 0.2) is 12.2 Å². The molecule has 2 N–H and O–H groups in total. The van der Waals surface area contributed by atoms with Gasteiger partial charge in [0, 0.05) is 12.0 Å². The third-order valence-electron chi connectivity index (χ3n) is 12.0. The highest BCUT2D eigenvalue weighted by Gasteiger charge is 2.68. The highest BCUT2D eigenvalue weighted by Crippen LogP contribution is 2.73. The number of aliphatic hydroxyl groups excluding tert-OH is 2. The van der Waals surface area contributed by atoms with Crippen LogP contribution in [0.2, 0.25) is 0 Å². The van der Waals surface area contributed by atoms with E-state index in [1.165, 1.54) is 44.9 Å². The number of allylic oxidation sites excluding steroid dienone is 2. The Morgan fingerprint density at radius 1 is 0.906 bits per heavy atom. The maximum absolute atomic E-state index is 11.1. The molecule has 2 heteroatoms. The molecule has 0 amide bonds. The summed E-state index contributed by atoms with van der Waals surface area (Å²) in [7, 11) is 0. The number of hydrogen-bond acceptors (Lipinski definition) is 2. The van der Waals surface area contributed by atoms with Gasteiger partial charge in [-0.15, -0.1) is 0 Å². The molecule has 3 fully saturated rings. The van der Waals surface area contributed by atoms with Gasteiger partial charge >= 0.3 is 0 Å². The molecule has 0 heterocycles. The first kappa shape index (κ1) is 24.8. The van der Waals surface area contributed by atoms with E-state index in [2.05, 4.69) is 60.6 Å². The Bertz CT molecular complexity index is 710. The summed E-state index contributed by atoms with van der Waals surface area (Å²) in [6.45, 7) is 17.2. The summed E-state index contributed by atoms with van der Waals surface area (Å²) in [4.78, 5) is 0. The van der Waals surface area contributed by atoms with Crippen molar-refractivity contribution >= 4 is 0 Å². The maximum atomic E-state index is 11.1. The van der Waals surface area contributed by atoms with Crippen molar-refractivity contribution in [3.05, 3.63) is 12.2 Å². The van der Waals surface area contributed by atoms with Crippen LogP contribution in [-0.4, -0.2) is 22.9 Å². The average molecular weight is 445 g/mol. The first-order chi connectivity index (χ1) is 14.9. The van der Waals surface area contributed by atoms with Crippen molar-refractivity contribution in [1.29, 1.82) is 0 Å². The highest BCUT2D eigenvalue weighted by molar-refractivity contribution is 5.24. The van der Waals surface area contributed by atoms with E-state index in [1.807, 2.05) is 0 Å². The van der Waals surface area contributed by atoms with Gasteiger partial charge in [-0.25, -0.2) is 0 Å². The van der Waals surface area contributed by atoms with Crippen LogP contribution in [0.4, 0.5) is 0 Å². The molecular weight excluding hydrogens is 392 g/mol. The topological polar surface area (TPSA) is 40.5 Å². The quantitative estimate of drug-likeness (QED) is 0.424. The molecular formula is C30H52O2. The number of fused-ring (bicyclic) bond motifs is 5. The van der Waals surface area contributed by atoms with Crippen LogP contribution in [0.1, 0.15) is 106 Å². The third-order valence-corrected chi connectivity index (χ3v) is 12.0. The second kappa shape index (κ2) is 8.40. The second-order valence-corrected chi connectivity index (χ2v) is 14.1. The lowest BCUT2D eigenvalue weighted by Crippen LogP contribution is -2.61. The van der Waals surface area contributed by atoms with Crippen LogP contribution in [-0.2, 0) is 0 Å². The summed E-state index contributed by atoms with van der Waals surface area (Å²) < 4.78 is 0. The first-order valence-electron chi connectivity index (χ1n) is 13.9. The zero-order valence-corrected chi connectivity index (χ0v) is 22.2. The maximum Gasteiger partial charge on any atom is 0.0597 e. The molecule has 2 unspecified atom stereocenters. The summed E-state index contributed by atoms with van der Waals surface area (Å²) in [6.07, 6.45) is 16.0. The van der Waals surface area contributed by atoms with E-state index >= 15 is 0 Å². The third kappa shape index (κ3) is 3.40. The van der Waals surface area contributed by atoms with Crippen molar-refractivity contribution < 1.29 is 10.2 Å². The highest BCUT2D eigenvalue weighted by atomic mass is 16.3. The van der Waals surface area contributed by atoms with E-state index in [0.717, 1.165) is 30.6 Å². The van der Waals surface area contributed by atoms with Gasteiger partial charge < -0.3 is 10.2 Å². The average Bonchev–Trinajstić information content (AvgIpc) is 3.04. The molecule has 0 aromatic rings. The lowest BCUT2D eigenvalue weighted by molar-refractivity contribution is -0.171. The van der Waals surface area contributed by atoms with Gasteiger partial charge in [0.1, 0.15) is 0 Å². The van der Waals surface area contributed by atoms with Gasteiger partial charge in [-0.05, 0) is 90.3 Å². The van der Waals surface area contributed by atoms with E-state index in [4.69, 9.17) is 0 Å². The van der Waals surface area contributed by atoms with Gasteiger partial charge in [-0.2, -0.15) is 0 Å². The molecule has 4 rings (SSSR count). The van der Waals surface area contributed by atoms with Crippen molar-refractivity contribution in [1.82, 2.24) is 0 Å². The minimum Gasteiger partial charge on any atom is -0.396 e. The molecule has 0 saturated heterocycles. The molecule has 0 aliphatic heterocycles. The molecule has 4 aliphatic carbocycles. The van der Waals surface area contributed by atoms with Gasteiger partial charge in [0.05, 0.1) is 6.10 Å². The minimum atomic E-state index is -0.204. The fraction of sp³-hybridized carbons (Fsp3) is 0.933. The summed E-state index contributed by atoms with van der Waals surface area (Å²) in [6, 6.07) is 0. The Kier molecular flexibility index (Phi) is 6.50. The van der Waals surface area contributed by atoms with Crippen molar-refractivity contribution in [2.45, 2.75) is 112 Å². The molecule has 184 valence electrons. The van der Waals surface area contributed by atoms with Gasteiger partial charge in [0.25, 0.3) is 0 Å². The molecule has 9 atom stereocenters. The fourth-order valence-electron chi connectivity index (χ4n) is 9.92. The van der Waals surface area contributed by atoms with E-state index in [0.29, 0.717) is 24.4 Å². The normalized spacial score (nSPS) is 48.2. The molecule has 0 aromatic carbocycles. The zero-order valence-electron chi connectivity index (χ0n) is 22.2. The Hall–Kier alpha value is -0.340. The monoisotopic (exact) mass is 444 g/mol. The van der Waals surface area contributed by atoms with Gasteiger partial charge in [0.15, 0.2) is 0 Å². The minimum absolute atomic E-state index is 0.0393. The van der Waals surface area contributed by atoms with Crippen LogP contribution >= 0.6 is 0 Å². The largest absolute Gasteiger partial charge is 0.396 e. The Morgan fingerprint density at radius 3 is 2.28 bits per heavy atom. The van der Waals surface area contributed by atoms with Crippen LogP contribution in [0.5, 0.6) is 0 Å². The smallest absolute Gasteiger partial charge is 0.0597 e. The number of rotatable bonds is 6. The molecule has 0 aromatic heterocycles. The number of aliphatic hydroxyl groups is 2. The SMILES string of the molecule is CC(C)CCC[C@@H](C)[C@H]1CC[C@]2(CO)C3C=C[C@H]4C(C)(C)[C@@H](O)CC[C@]4(C)C3CC[C@]12C. The fourth-order valence-corrected chi connectivity index (χ4v) is 9.92. The predicted molar refractivity (Wildman–Crippen MR) is 134 cm³/mol. The van der Waals surface area contributed by atoms with Crippen LogP contribution < -0.4 is 0 Å². The lowest BCUT2D eigenvalue weighted by Gasteiger charge is -2.65. The Morgan fingerprint density at radius 2 is 1.62 bits per heavy atom. The number of hydrogen-bond donors (Lipinski definition) is 2. The molecule has 32 heavy (non-hydrogen) atoms. The molecule has 4 aliphatic rings. The molecule has 0 spiro atoms.